The van der Waals surface area contributed by atoms with Gasteiger partial charge in [0.15, 0.2) is 5.03 Å². The summed E-state index contributed by atoms with van der Waals surface area (Å²) in [6, 6.07) is 1.50. The Hall–Kier alpha value is -0.880. The summed E-state index contributed by atoms with van der Waals surface area (Å²) in [4.78, 5) is 0. The third-order valence-electron chi connectivity index (χ3n) is 1.78. The molecule has 1 aromatic heterocycles. The van der Waals surface area contributed by atoms with Gasteiger partial charge in [-0.3, -0.25) is 4.68 Å². The lowest BCUT2D eigenvalue weighted by atomic mass is 10.1. The van der Waals surface area contributed by atoms with Crippen molar-refractivity contribution in [2.75, 3.05) is 0 Å². The molecule has 0 aliphatic heterocycles. The first-order valence-corrected chi connectivity index (χ1v) is 5.43. The van der Waals surface area contributed by atoms with E-state index >= 15 is 0 Å². The van der Waals surface area contributed by atoms with Crippen LogP contribution in [0.1, 0.15) is 25.5 Å². The molecule has 0 unspecified atom stereocenters. The first-order chi connectivity index (χ1) is 5.82. The molecule has 0 saturated heterocycles. The SMILES string of the molecule is CC(C)c1cc(S(N)(=O)=O)nn1C. The number of primary sulfonamides is 1. The van der Waals surface area contributed by atoms with Crippen molar-refractivity contribution in [2.45, 2.75) is 24.8 Å². The Bertz CT molecular complexity index is 405. The van der Waals surface area contributed by atoms with Crippen molar-refractivity contribution in [3.63, 3.8) is 0 Å². The molecule has 2 N–H and O–H groups in total. The van der Waals surface area contributed by atoms with Gasteiger partial charge in [0.2, 0.25) is 0 Å². The van der Waals surface area contributed by atoms with Crippen LogP contribution in [0.4, 0.5) is 0 Å². The van der Waals surface area contributed by atoms with Gasteiger partial charge in [-0.1, -0.05) is 13.8 Å². The largest absolute Gasteiger partial charge is 0.271 e. The first kappa shape index (κ1) is 10.2. The zero-order chi connectivity index (χ0) is 10.2. The fraction of sp³-hybridized carbons (Fsp3) is 0.571. The molecular formula is C7H13N3O2S. The highest BCUT2D eigenvalue weighted by Gasteiger charge is 2.15. The molecular weight excluding hydrogens is 190 g/mol. The van der Waals surface area contributed by atoms with E-state index in [9.17, 15) is 8.42 Å². The summed E-state index contributed by atoms with van der Waals surface area (Å²) in [5.74, 6) is 0.230. The number of aryl methyl sites for hydroxylation is 1. The lowest BCUT2D eigenvalue weighted by Crippen LogP contribution is -2.13. The van der Waals surface area contributed by atoms with E-state index in [1.165, 1.54) is 10.7 Å². The molecule has 0 saturated carbocycles. The highest BCUT2D eigenvalue weighted by Crippen LogP contribution is 2.16. The second-order valence-corrected chi connectivity index (χ2v) is 4.74. The molecule has 0 radical (unpaired) electrons. The van der Waals surface area contributed by atoms with Crippen molar-refractivity contribution in [1.82, 2.24) is 9.78 Å². The van der Waals surface area contributed by atoms with Crippen LogP contribution in [0.25, 0.3) is 0 Å². The molecule has 1 aromatic rings. The van der Waals surface area contributed by atoms with Crippen molar-refractivity contribution >= 4 is 10.0 Å². The summed E-state index contributed by atoms with van der Waals surface area (Å²) < 4.78 is 23.4. The smallest absolute Gasteiger partial charge is 0.257 e. The second-order valence-electron chi connectivity index (χ2n) is 3.23. The molecule has 0 spiro atoms. The van der Waals surface area contributed by atoms with E-state index in [4.69, 9.17) is 5.14 Å². The van der Waals surface area contributed by atoms with Crippen LogP contribution in [0.3, 0.4) is 0 Å². The normalized spacial score (nSPS) is 12.4. The van der Waals surface area contributed by atoms with Gasteiger partial charge >= 0.3 is 0 Å². The molecule has 1 heterocycles. The van der Waals surface area contributed by atoms with Crippen LogP contribution in [0, 0.1) is 0 Å². The molecule has 0 atom stereocenters. The molecule has 0 fully saturated rings. The van der Waals surface area contributed by atoms with Crippen molar-refractivity contribution in [3.8, 4) is 0 Å². The number of hydrogen-bond donors (Lipinski definition) is 1. The van der Waals surface area contributed by atoms with Crippen molar-refractivity contribution in [3.05, 3.63) is 11.8 Å². The van der Waals surface area contributed by atoms with Crippen LogP contribution in [0.5, 0.6) is 0 Å². The average Bonchev–Trinajstić information content (AvgIpc) is 2.29. The lowest BCUT2D eigenvalue weighted by Gasteiger charge is -2.02. The number of nitrogens with zero attached hydrogens (tertiary/aromatic N) is 2. The van der Waals surface area contributed by atoms with Gasteiger partial charge < -0.3 is 0 Å². The van der Waals surface area contributed by atoms with Crippen molar-refractivity contribution in [2.24, 2.45) is 12.2 Å². The summed E-state index contributed by atoms with van der Waals surface area (Å²) in [5, 5.41) is 8.67. The molecule has 0 amide bonds. The van der Waals surface area contributed by atoms with Gasteiger partial charge in [-0.25, -0.2) is 13.6 Å². The Kier molecular flexibility index (Phi) is 2.44. The first-order valence-electron chi connectivity index (χ1n) is 3.89. The highest BCUT2D eigenvalue weighted by molar-refractivity contribution is 7.89. The van der Waals surface area contributed by atoms with Gasteiger partial charge in [0.05, 0.1) is 0 Å². The summed E-state index contributed by atoms with van der Waals surface area (Å²) >= 11 is 0. The van der Waals surface area contributed by atoms with E-state index in [1.807, 2.05) is 13.8 Å². The highest BCUT2D eigenvalue weighted by atomic mass is 32.2. The van der Waals surface area contributed by atoms with Crippen LogP contribution in [-0.2, 0) is 17.1 Å². The summed E-state index contributed by atoms with van der Waals surface area (Å²) in [6.07, 6.45) is 0. The van der Waals surface area contributed by atoms with Gasteiger partial charge in [0.25, 0.3) is 10.0 Å². The minimum atomic E-state index is -3.67. The van der Waals surface area contributed by atoms with Crippen molar-refractivity contribution in [1.29, 1.82) is 0 Å². The molecule has 0 aromatic carbocycles. The monoisotopic (exact) mass is 203 g/mol. The van der Waals surface area contributed by atoms with Crippen LogP contribution in [0.15, 0.2) is 11.1 Å². The van der Waals surface area contributed by atoms with E-state index in [0.717, 1.165) is 5.69 Å². The van der Waals surface area contributed by atoms with Gasteiger partial charge in [-0.2, -0.15) is 5.10 Å². The number of nitrogens with two attached hydrogens (primary N) is 1. The van der Waals surface area contributed by atoms with Gasteiger partial charge in [-0.15, -0.1) is 0 Å². The minimum Gasteiger partial charge on any atom is -0.271 e. The van der Waals surface area contributed by atoms with E-state index in [-0.39, 0.29) is 10.9 Å². The third-order valence-corrected chi connectivity index (χ3v) is 2.56. The summed E-state index contributed by atoms with van der Waals surface area (Å²) in [5.41, 5.74) is 0.851. The number of aromatic nitrogens is 2. The third kappa shape index (κ3) is 2.07. The van der Waals surface area contributed by atoms with E-state index in [0.29, 0.717) is 0 Å². The summed E-state index contributed by atoms with van der Waals surface area (Å²) in [7, 11) is -1.97. The van der Waals surface area contributed by atoms with Crippen LogP contribution in [-0.4, -0.2) is 18.2 Å². The Balaban J connectivity index is 3.25. The lowest BCUT2D eigenvalue weighted by molar-refractivity contribution is 0.587. The van der Waals surface area contributed by atoms with E-state index < -0.39 is 10.0 Å². The molecule has 0 bridgehead atoms. The Morgan fingerprint density at radius 1 is 1.54 bits per heavy atom. The van der Waals surface area contributed by atoms with E-state index in [1.54, 1.807) is 7.05 Å². The minimum absolute atomic E-state index is 0.0706. The van der Waals surface area contributed by atoms with Crippen LogP contribution < -0.4 is 5.14 Å². The zero-order valence-electron chi connectivity index (χ0n) is 7.85. The Labute approximate surface area is 77.6 Å². The van der Waals surface area contributed by atoms with Crippen LogP contribution >= 0.6 is 0 Å². The number of hydrogen-bond acceptors (Lipinski definition) is 3. The molecule has 6 heteroatoms. The van der Waals surface area contributed by atoms with Crippen molar-refractivity contribution < 1.29 is 8.42 Å². The molecule has 1 rings (SSSR count). The topological polar surface area (TPSA) is 78.0 Å². The van der Waals surface area contributed by atoms with Gasteiger partial charge in [-0.05, 0) is 5.92 Å². The standard InChI is InChI=1S/C7H13N3O2S/c1-5(2)6-4-7(9-10(6)3)13(8,11)12/h4-5H,1-3H3,(H2,8,11,12). The quantitative estimate of drug-likeness (QED) is 0.745. The molecule has 74 valence electrons. The molecule has 5 nitrogen and oxygen atoms in total. The number of rotatable bonds is 2. The maximum absolute atomic E-state index is 10.9. The fourth-order valence-electron chi connectivity index (χ4n) is 1.13. The molecule has 0 aliphatic carbocycles. The maximum Gasteiger partial charge on any atom is 0.257 e. The fourth-order valence-corrected chi connectivity index (χ4v) is 1.66. The Morgan fingerprint density at radius 3 is 2.31 bits per heavy atom. The predicted molar refractivity (Wildman–Crippen MR) is 48.7 cm³/mol. The zero-order valence-corrected chi connectivity index (χ0v) is 8.67. The van der Waals surface area contributed by atoms with E-state index in [2.05, 4.69) is 5.10 Å². The predicted octanol–water partition coefficient (Wildman–Crippen LogP) is 0.191. The van der Waals surface area contributed by atoms with Gasteiger partial charge in [0.1, 0.15) is 0 Å². The second kappa shape index (κ2) is 3.12. The van der Waals surface area contributed by atoms with Crippen LogP contribution in [0.2, 0.25) is 0 Å². The molecule has 0 aliphatic rings. The molecule has 13 heavy (non-hydrogen) atoms. The van der Waals surface area contributed by atoms with Gasteiger partial charge in [0, 0.05) is 18.8 Å². The number of sulfonamides is 1. The Morgan fingerprint density at radius 2 is 2.08 bits per heavy atom. The maximum atomic E-state index is 10.9. The summed E-state index contributed by atoms with van der Waals surface area (Å²) in [6.45, 7) is 3.92. The average molecular weight is 203 g/mol.